The summed E-state index contributed by atoms with van der Waals surface area (Å²) in [6, 6.07) is 18.3. The Morgan fingerprint density at radius 1 is 1.06 bits per heavy atom. The van der Waals surface area contributed by atoms with E-state index in [0.29, 0.717) is 34.2 Å². The molecule has 1 aliphatic heterocycles. The number of carbonyl (C=O) groups is 1. The molecular weight excluding hydrogens is 415 g/mol. The zero-order valence-corrected chi connectivity index (χ0v) is 17.3. The maximum absolute atomic E-state index is 13.5. The average molecular weight is 432 g/mol. The highest BCUT2D eigenvalue weighted by Gasteiger charge is 2.36. The summed E-state index contributed by atoms with van der Waals surface area (Å²) in [5, 5.41) is 9.07. The molecular formula is C23H17FN4O2S. The van der Waals surface area contributed by atoms with Gasteiger partial charge in [0.05, 0.1) is 22.2 Å². The van der Waals surface area contributed by atoms with E-state index in [-0.39, 0.29) is 11.8 Å². The van der Waals surface area contributed by atoms with E-state index >= 15 is 0 Å². The van der Waals surface area contributed by atoms with Crippen molar-refractivity contribution in [2.75, 3.05) is 4.90 Å². The molecule has 0 saturated carbocycles. The number of urea groups is 1. The molecule has 1 unspecified atom stereocenters. The van der Waals surface area contributed by atoms with Crippen LogP contribution >= 0.6 is 11.3 Å². The van der Waals surface area contributed by atoms with Crippen LogP contribution in [0.15, 0.2) is 82.3 Å². The van der Waals surface area contributed by atoms with Gasteiger partial charge in [0.15, 0.2) is 0 Å². The van der Waals surface area contributed by atoms with Gasteiger partial charge in [-0.15, -0.1) is 11.3 Å². The van der Waals surface area contributed by atoms with Crippen molar-refractivity contribution in [3.8, 4) is 10.7 Å². The van der Waals surface area contributed by atoms with Gasteiger partial charge in [-0.05, 0) is 48.2 Å². The number of hydrogen-bond donors (Lipinski definition) is 1. The molecule has 3 heterocycles. The molecule has 31 heavy (non-hydrogen) atoms. The van der Waals surface area contributed by atoms with Crippen LogP contribution in [0.1, 0.15) is 24.4 Å². The van der Waals surface area contributed by atoms with E-state index in [1.54, 1.807) is 17.0 Å². The predicted molar refractivity (Wildman–Crippen MR) is 117 cm³/mol. The van der Waals surface area contributed by atoms with Gasteiger partial charge in [-0.2, -0.15) is 4.98 Å². The molecule has 0 aliphatic carbocycles. The Kier molecular flexibility index (Phi) is 4.83. The van der Waals surface area contributed by atoms with Gasteiger partial charge in [-0.3, -0.25) is 4.90 Å². The first kappa shape index (κ1) is 19.2. The quantitative estimate of drug-likeness (QED) is 0.453. The maximum Gasteiger partial charge on any atom is 0.326 e. The summed E-state index contributed by atoms with van der Waals surface area (Å²) in [6.07, 6.45) is 0. The third-order valence-corrected chi connectivity index (χ3v) is 5.97. The maximum atomic E-state index is 13.5. The number of halogens is 1. The zero-order chi connectivity index (χ0) is 21.4. The fraction of sp³-hybridized carbons (Fsp3) is 0.0870. The minimum absolute atomic E-state index is 0.292. The van der Waals surface area contributed by atoms with Crippen molar-refractivity contribution in [2.24, 2.45) is 0 Å². The van der Waals surface area contributed by atoms with E-state index in [2.05, 4.69) is 15.5 Å². The molecule has 2 aromatic carbocycles. The second-order valence-electron chi connectivity index (χ2n) is 7.00. The topological polar surface area (TPSA) is 71.3 Å². The van der Waals surface area contributed by atoms with Crippen LogP contribution in [0.25, 0.3) is 16.3 Å². The molecule has 2 amide bonds. The van der Waals surface area contributed by atoms with Crippen molar-refractivity contribution in [3.05, 3.63) is 95.1 Å². The van der Waals surface area contributed by atoms with Gasteiger partial charge < -0.3 is 9.84 Å². The Balaban J connectivity index is 1.66. The summed E-state index contributed by atoms with van der Waals surface area (Å²) in [4.78, 5) is 20.1. The van der Waals surface area contributed by atoms with Crippen LogP contribution in [-0.2, 0) is 0 Å². The van der Waals surface area contributed by atoms with Crippen molar-refractivity contribution < 1.29 is 13.7 Å². The van der Waals surface area contributed by atoms with Crippen LogP contribution in [0.3, 0.4) is 0 Å². The summed E-state index contributed by atoms with van der Waals surface area (Å²) >= 11 is 1.51. The third-order valence-electron chi connectivity index (χ3n) is 5.10. The Bertz CT molecular complexity index is 1250. The lowest BCUT2D eigenvalue weighted by Gasteiger charge is -2.35. The van der Waals surface area contributed by atoms with Crippen LogP contribution in [-0.4, -0.2) is 16.2 Å². The molecule has 6 nitrogen and oxygen atoms in total. The number of nitrogens with zero attached hydrogens (tertiary/aromatic N) is 3. The lowest BCUT2D eigenvalue weighted by molar-refractivity contribution is 0.244. The molecule has 0 bridgehead atoms. The third kappa shape index (κ3) is 3.51. The fourth-order valence-corrected chi connectivity index (χ4v) is 4.30. The SMILES string of the molecule is CC1=C(c2nc(-c3cccs3)no2)C(c2ccc(F)cc2)NC(=O)N1c1ccccc1. The van der Waals surface area contributed by atoms with Gasteiger partial charge in [-0.25, -0.2) is 9.18 Å². The summed E-state index contributed by atoms with van der Waals surface area (Å²) in [5.74, 6) is 0.430. The van der Waals surface area contributed by atoms with E-state index in [0.717, 1.165) is 4.88 Å². The van der Waals surface area contributed by atoms with Crippen molar-refractivity contribution in [1.82, 2.24) is 15.5 Å². The number of carbonyl (C=O) groups excluding carboxylic acids is 1. The number of para-hydroxylation sites is 1. The monoisotopic (exact) mass is 432 g/mol. The van der Waals surface area contributed by atoms with Gasteiger partial charge in [0.1, 0.15) is 5.82 Å². The molecule has 0 saturated heterocycles. The highest BCUT2D eigenvalue weighted by atomic mass is 32.1. The van der Waals surface area contributed by atoms with Gasteiger partial charge in [0, 0.05) is 5.70 Å². The fourth-order valence-electron chi connectivity index (χ4n) is 3.65. The molecule has 8 heteroatoms. The number of allylic oxidation sites excluding steroid dienone is 1. The first-order valence-electron chi connectivity index (χ1n) is 9.61. The minimum atomic E-state index is -0.565. The number of nitrogens with one attached hydrogen (secondary N) is 1. The minimum Gasteiger partial charge on any atom is -0.334 e. The van der Waals surface area contributed by atoms with Gasteiger partial charge in [0.2, 0.25) is 5.82 Å². The Labute approximate surface area is 181 Å². The van der Waals surface area contributed by atoms with E-state index in [4.69, 9.17) is 4.52 Å². The molecule has 154 valence electrons. The largest absolute Gasteiger partial charge is 0.334 e. The lowest BCUT2D eigenvalue weighted by Crippen LogP contribution is -2.46. The van der Waals surface area contributed by atoms with Gasteiger partial charge in [-0.1, -0.05) is 41.6 Å². The first-order valence-corrected chi connectivity index (χ1v) is 10.5. The Hall–Kier alpha value is -3.78. The number of hydrogen-bond acceptors (Lipinski definition) is 5. The first-order chi connectivity index (χ1) is 15.1. The number of anilines is 1. The number of thiophene rings is 1. The van der Waals surface area contributed by atoms with Gasteiger partial charge in [0.25, 0.3) is 5.89 Å². The van der Waals surface area contributed by atoms with E-state index in [9.17, 15) is 9.18 Å². The summed E-state index contributed by atoms with van der Waals surface area (Å²) in [7, 11) is 0. The van der Waals surface area contributed by atoms with E-state index < -0.39 is 6.04 Å². The van der Waals surface area contributed by atoms with Crippen molar-refractivity contribution in [1.29, 1.82) is 0 Å². The number of rotatable bonds is 4. The highest BCUT2D eigenvalue weighted by molar-refractivity contribution is 7.13. The predicted octanol–water partition coefficient (Wildman–Crippen LogP) is 5.64. The number of aromatic nitrogens is 2. The van der Waals surface area contributed by atoms with Crippen molar-refractivity contribution >= 4 is 28.6 Å². The highest BCUT2D eigenvalue weighted by Crippen LogP contribution is 2.39. The standard InChI is InChI=1S/C23H17FN4O2S/c1-14-19(22-26-21(27-30-22)18-8-5-13-31-18)20(15-9-11-16(24)12-10-15)25-23(29)28(14)17-6-3-2-4-7-17/h2-13,20H,1H3,(H,25,29). The molecule has 5 rings (SSSR count). The smallest absolute Gasteiger partial charge is 0.326 e. The van der Waals surface area contributed by atoms with E-state index in [1.807, 2.05) is 54.8 Å². The number of benzene rings is 2. The Morgan fingerprint density at radius 2 is 1.84 bits per heavy atom. The molecule has 1 atom stereocenters. The van der Waals surface area contributed by atoms with E-state index in [1.165, 1.54) is 23.5 Å². The Morgan fingerprint density at radius 3 is 2.55 bits per heavy atom. The zero-order valence-electron chi connectivity index (χ0n) is 16.4. The molecule has 1 N–H and O–H groups in total. The average Bonchev–Trinajstić information content (AvgIpc) is 3.47. The molecule has 1 aliphatic rings. The second kappa shape index (κ2) is 7.81. The summed E-state index contributed by atoms with van der Waals surface area (Å²) in [6.45, 7) is 1.84. The molecule has 0 spiro atoms. The van der Waals surface area contributed by atoms with Crippen LogP contribution in [0, 0.1) is 5.82 Å². The van der Waals surface area contributed by atoms with Crippen LogP contribution in [0.4, 0.5) is 14.9 Å². The summed E-state index contributed by atoms with van der Waals surface area (Å²) in [5.41, 5.74) is 2.74. The summed E-state index contributed by atoms with van der Waals surface area (Å²) < 4.78 is 19.2. The normalized spacial score (nSPS) is 16.5. The van der Waals surface area contributed by atoms with Crippen LogP contribution < -0.4 is 10.2 Å². The van der Waals surface area contributed by atoms with Crippen LogP contribution in [0.2, 0.25) is 0 Å². The van der Waals surface area contributed by atoms with Crippen LogP contribution in [0.5, 0.6) is 0 Å². The van der Waals surface area contributed by atoms with Gasteiger partial charge >= 0.3 is 6.03 Å². The lowest BCUT2D eigenvalue weighted by atomic mass is 9.94. The van der Waals surface area contributed by atoms with Crippen molar-refractivity contribution in [2.45, 2.75) is 13.0 Å². The number of amides is 2. The van der Waals surface area contributed by atoms with Crippen molar-refractivity contribution in [3.63, 3.8) is 0 Å². The molecule has 0 fully saturated rings. The molecule has 0 radical (unpaired) electrons. The molecule has 2 aromatic heterocycles. The second-order valence-corrected chi connectivity index (χ2v) is 7.95. The molecule has 4 aromatic rings.